The van der Waals surface area contributed by atoms with Crippen molar-refractivity contribution in [2.75, 3.05) is 7.11 Å². The van der Waals surface area contributed by atoms with Crippen molar-refractivity contribution in [2.45, 2.75) is 32.0 Å². The second kappa shape index (κ2) is 9.45. The lowest BCUT2D eigenvalue weighted by molar-refractivity contribution is 0.240. The van der Waals surface area contributed by atoms with Crippen LogP contribution in [0.2, 0.25) is 0 Å². The Balaban J connectivity index is 1.77. The van der Waals surface area contributed by atoms with Crippen LogP contribution in [0.25, 0.3) is 0 Å². The van der Waals surface area contributed by atoms with Crippen molar-refractivity contribution in [3.63, 3.8) is 0 Å². The average molecular weight is 544 g/mol. The number of hydrogen-bond acceptors (Lipinski definition) is 4. The number of amidine groups is 1. The predicted molar refractivity (Wildman–Crippen MR) is 132 cm³/mol. The first-order valence-electron chi connectivity index (χ1n) is 10.1. The van der Waals surface area contributed by atoms with E-state index in [0.717, 1.165) is 37.4 Å². The maximum absolute atomic E-state index is 6.10. The fraction of sp³-hybridized carbons (Fsp3) is 0.240. The van der Waals surface area contributed by atoms with Gasteiger partial charge in [-0.2, -0.15) is 0 Å². The molecule has 4 nitrogen and oxygen atoms in total. The molecule has 0 saturated carbocycles. The van der Waals surface area contributed by atoms with E-state index in [2.05, 4.69) is 85.7 Å². The first-order valence-corrected chi connectivity index (χ1v) is 11.7. The van der Waals surface area contributed by atoms with Gasteiger partial charge < -0.3 is 14.8 Å². The molecule has 6 heteroatoms. The van der Waals surface area contributed by atoms with E-state index in [1.54, 1.807) is 7.11 Å². The van der Waals surface area contributed by atoms with Gasteiger partial charge in [0.25, 0.3) is 0 Å². The maximum atomic E-state index is 6.10. The molecule has 1 heterocycles. The summed E-state index contributed by atoms with van der Waals surface area (Å²) in [4.78, 5) is 5.12. The Labute approximate surface area is 200 Å². The number of rotatable bonds is 6. The van der Waals surface area contributed by atoms with Crippen LogP contribution in [0.3, 0.4) is 0 Å². The van der Waals surface area contributed by atoms with E-state index in [9.17, 15) is 0 Å². The van der Waals surface area contributed by atoms with Crippen LogP contribution in [0.5, 0.6) is 11.5 Å². The zero-order valence-electron chi connectivity index (χ0n) is 17.6. The lowest BCUT2D eigenvalue weighted by atomic mass is 9.95. The molecule has 1 aliphatic heterocycles. The highest BCUT2D eigenvalue weighted by Crippen LogP contribution is 2.39. The molecular formula is C25H24Br2N2O2. The Morgan fingerprint density at radius 2 is 1.48 bits per heavy atom. The first kappa shape index (κ1) is 21.9. The molecule has 4 rings (SSSR count). The largest absolute Gasteiger partial charge is 0.497 e. The summed E-state index contributed by atoms with van der Waals surface area (Å²) in [5.41, 5.74) is 3.25. The minimum atomic E-state index is -0.0572. The summed E-state index contributed by atoms with van der Waals surface area (Å²) in [5, 5.41) is 3.66. The molecule has 0 amide bonds. The number of nitrogens with zero attached hydrogens (tertiary/aromatic N) is 1. The fourth-order valence-corrected chi connectivity index (χ4v) is 4.19. The number of aliphatic imine (C=N–C) groups is 1. The van der Waals surface area contributed by atoms with Crippen molar-refractivity contribution >= 4 is 37.7 Å². The van der Waals surface area contributed by atoms with Gasteiger partial charge in [-0.25, -0.2) is 0 Å². The Bertz CT molecular complexity index is 1080. The quantitative estimate of drug-likeness (QED) is 0.370. The lowest BCUT2D eigenvalue weighted by Crippen LogP contribution is -2.25. The summed E-state index contributed by atoms with van der Waals surface area (Å²) in [6.45, 7) is 4.03. The van der Waals surface area contributed by atoms with Gasteiger partial charge >= 0.3 is 0 Å². The summed E-state index contributed by atoms with van der Waals surface area (Å²) < 4.78 is 13.6. The molecular weight excluding hydrogens is 520 g/mol. The second-order valence-electron chi connectivity index (χ2n) is 7.68. The maximum Gasteiger partial charge on any atom is 0.134 e. The van der Waals surface area contributed by atoms with E-state index >= 15 is 0 Å². The van der Waals surface area contributed by atoms with Crippen LogP contribution >= 0.6 is 31.9 Å². The van der Waals surface area contributed by atoms with Gasteiger partial charge in [-0.1, -0.05) is 56.1 Å². The minimum absolute atomic E-state index is 0.0123. The van der Waals surface area contributed by atoms with Crippen molar-refractivity contribution < 1.29 is 9.47 Å². The van der Waals surface area contributed by atoms with Crippen LogP contribution < -0.4 is 14.8 Å². The number of benzene rings is 3. The van der Waals surface area contributed by atoms with Crippen LogP contribution in [-0.2, 0) is 0 Å². The molecule has 0 fully saturated rings. The third-order valence-corrected chi connectivity index (χ3v) is 6.18. The molecule has 3 aromatic carbocycles. The number of methoxy groups -OCH3 is 1. The number of nitrogens with one attached hydrogen (secondary N) is 1. The molecule has 0 saturated heterocycles. The van der Waals surface area contributed by atoms with E-state index in [1.165, 1.54) is 5.56 Å². The highest BCUT2D eigenvalue weighted by molar-refractivity contribution is 9.10. The van der Waals surface area contributed by atoms with E-state index in [0.29, 0.717) is 0 Å². The second-order valence-corrected chi connectivity index (χ2v) is 9.51. The van der Waals surface area contributed by atoms with Crippen LogP contribution in [0.15, 0.2) is 80.7 Å². The Hall–Kier alpha value is -2.31. The summed E-state index contributed by atoms with van der Waals surface area (Å²) in [7, 11) is 1.66. The Morgan fingerprint density at radius 1 is 0.871 bits per heavy atom. The monoisotopic (exact) mass is 542 g/mol. The molecule has 3 aromatic rings. The van der Waals surface area contributed by atoms with Gasteiger partial charge in [-0.05, 0) is 61.4 Å². The van der Waals surface area contributed by atoms with Crippen molar-refractivity contribution in [3.8, 4) is 11.5 Å². The predicted octanol–water partition coefficient (Wildman–Crippen LogP) is 6.84. The van der Waals surface area contributed by atoms with Gasteiger partial charge in [0.2, 0.25) is 0 Å². The van der Waals surface area contributed by atoms with E-state index in [4.69, 9.17) is 14.5 Å². The minimum Gasteiger partial charge on any atom is -0.497 e. The summed E-state index contributed by atoms with van der Waals surface area (Å²) in [6, 6.07) is 22.6. The van der Waals surface area contributed by atoms with Gasteiger partial charge in [0.05, 0.1) is 24.8 Å². The van der Waals surface area contributed by atoms with Gasteiger partial charge in [0, 0.05) is 15.0 Å². The zero-order chi connectivity index (χ0) is 22.0. The normalized spacial score (nSPS) is 17.9. The standard InChI is InChI=1S/C25H24Br2N2O2/c1-15(2)31-22-14-20(30-3)12-13-21(22)25-28-23(16-4-8-18(26)9-5-16)24(29-25)17-6-10-19(27)11-7-17/h4-15,23-24H,1-3H3,(H,28,29). The van der Waals surface area contributed by atoms with Crippen molar-refractivity contribution in [2.24, 2.45) is 4.99 Å². The van der Waals surface area contributed by atoms with Crippen LogP contribution in [0.1, 0.15) is 42.6 Å². The molecule has 160 valence electrons. The highest BCUT2D eigenvalue weighted by atomic mass is 79.9. The number of hydrogen-bond donors (Lipinski definition) is 1. The Kier molecular flexibility index (Phi) is 6.68. The van der Waals surface area contributed by atoms with Gasteiger partial charge in [-0.3, -0.25) is 4.99 Å². The zero-order valence-corrected chi connectivity index (χ0v) is 20.8. The van der Waals surface area contributed by atoms with Gasteiger partial charge in [-0.15, -0.1) is 0 Å². The molecule has 0 spiro atoms. The van der Waals surface area contributed by atoms with Crippen molar-refractivity contribution in [1.29, 1.82) is 0 Å². The summed E-state index contributed by atoms with van der Waals surface area (Å²) in [5.74, 6) is 2.33. The number of ether oxygens (including phenoxy) is 2. The highest BCUT2D eigenvalue weighted by Gasteiger charge is 2.33. The Morgan fingerprint density at radius 3 is 2.06 bits per heavy atom. The molecule has 0 aliphatic carbocycles. The van der Waals surface area contributed by atoms with Crippen LogP contribution in [0.4, 0.5) is 0 Å². The third-order valence-electron chi connectivity index (χ3n) is 5.12. The molecule has 0 aromatic heterocycles. The SMILES string of the molecule is COc1ccc(C2=NC(c3ccc(Br)cc3)C(c3ccc(Br)cc3)N2)c(OC(C)C)c1. The van der Waals surface area contributed by atoms with E-state index in [1.807, 2.05) is 32.0 Å². The molecule has 1 N–H and O–H groups in total. The smallest absolute Gasteiger partial charge is 0.134 e. The number of halogens is 2. The van der Waals surface area contributed by atoms with E-state index < -0.39 is 0 Å². The van der Waals surface area contributed by atoms with Crippen LogP contribution in [0, 0.1) is 0 Å². The van der Waals surface area contributed by atoms with Gasteiger partial charge in [0.1, 0.15) is 23.4 Å². The van der Waals surface area contributed by atoms with Crippen molar-refractivity contribution in [3.05, 3.63) is 92.4 Å². The molecule has 0 radical (unpaired) electrons. The topological polar surface area (TPSA) is 42.8 Å². The molecule has 1 aliphatic rings. The average Bonchev–Trinajstić information content (AvgIpc) is 3.19. The van der Waals surface area contributed by atoms with Gasteiger partial charge in [0.15, 0.2) is 0 Å². The third kappa shape index (κ3) is 4.96. The van der Waals surface area contributed by atoms with Crippen molar-refractivity contribution in [1.82, 2.24) is 5.32 Å². The molecule has 2 unspecified atom stereocenters. The molecule has 2 atom stereocenters. The summed E-state index contributed by atoms with van der Waals surface area (Å²) in [6.07, 6.45) is 0.0393. The molecule has 31 heavy (non-hydrogen) atoms. The summed E-state index contributed by atoms with van der Waals surface area (Å²) >= 11 is 7.07. The first-order chi connectivity index (χ1) is 14.9. The lowest BCUT2D eigenvalue weighted by Gasteiger charge is -2.20. The molecule has 0 bridgehead atoms. The van der Waals surface area contributed by atoms with E-state index in [-0.39, 0.29) is 18.2 Å². The van der Waals surface area contributed by atoms with Crippen LogP contribution in [-0.4, -0.2) is 19.0 Å². The fourth-order valence-electron chi connectivity index (χ4n) is 3.66.